The van der Waals surface area contributed by atoms with Crippen LogP contribution in [0.1, 0.15) is 154 Å². The highest BCUT2D eigenvalue weighted by molar-refractivity contribution is 7.00. The fourth-order valence-electron chi connectivity index (χ4n) is 15.6. The summed E-state index contributed by atoms with van der Waals surface area (Å²) in [4.78, 5) is 4.73. The van der Waals surface area contributed by atoms with Gasteiger partial charge < -0.3 is 18.9 Å². The van der Waals surface area contributed by atoms with Crippen molar-refractivity contribution < 1.29 is 21.9 Å². The molecule has 17 rings (SSSR count). The monoisotopic (exact) mass is 1350 g/mol. The second-order valence-corrected chi connectivity index (χ2v) is 33.1. The largest absolute Gasteiger partial charge is 0.310 e. The fourth-order valence-corrected chi connectivity index (χ4v) is 15.6. The summed E-state index contributed by atoms with van der Waals surface area (Å²) in [6.07, 6.45) is 0. The Hall–Kier alpha value is -10.9. The molecule has 15 aromatic rings. The van der Waals surface area contributed by atoms with Crippen LogP contribution < -0.4 is 26.2 Å². The summed E-state index contributed by atoms with van der Waals surface area (Å²) in [6, 6.07) is 55.7. The fraction of sp³-hybridized carbons (Fsp3) is 0.204. The molecule has 103 heavy (non-hydrogen) atoms. The van der Waals surface area contributed by atoms with E-state index in [9.17, 15) is 16.4 Å². The number of aromatic nitrogens is 2. The maximum Gasteiger partial charge on any atom is 0.252 e. The molecule has 0 saturated carbocycles. The van der Waals surface area contributed by atoms with E-state index in [-0.39, 0.29) is 65.3 Å². The third-order valence-corrected chi connectivity index (χ3v) is 21.1. The zero-order valence-electron chi connectivity index (χ0n) is 77.2. The van der Waals surface area contributed by atoms with E-state index in [2.05, 4.69) is 223 Å². The Kier molecular flexibility index (Phi) is 11.5. The van der Waals surface area contributed by atoms with Gasteiger partial charge in [0.1, 0.15) is 0 Å². The van der Waals surface area contributed by atoms with Crippen LogP contribution in [-0.2, 0) is 27.1 Å². The van der Waals surface area contributed by atoms with Crippen molar-refractivity contribution in [3.8, 4) is 55.9 Å². The number of anilines is 6. The van der Waals surface area contributed by atoms with E-state index in [1.54, 1.807) is 9.13 Å². The summed E-state index contributed by atoms with van der Waals surface area (Å²) in [7, 11) is 0. The number of nitrogens with zero attached hydrogens (tertiary/aromatic N) is 4. The van der Waals surface area contributed by atoms with Gasteiger partial charge in [-0.3, -0.25) is 0 Å². The van der Waals surface area contributed by atoms with Gasteiger partial charge in [-0.25, -0.2) is 0 Å². The molecule has 4 heterocycles. The molecule has 0 unspecified atom stereocenters. The SMILES string of the molecule is [2H]c1c([2H])c([2H])c2c(c1[2H])c1c([2H])c([2H])c([2H])c([2H])c1n2-c1ccc2c(c1)N(c1c(-c3ccccc3)cccc1-c1cc(C(C)(C)C)cc(C(C)(C)C)c1)c1cc(C(C)(C)C)cc3c1B2c1ccc(-n2c4c([2H])c([2H])c([2H])c([2H])c4c4c([2H])c([2H])c([2H])c([2H])c42)cc1N3c1c(-c2ccccc2)cccc1-c1cc(C(C)(C)C)cc(C(C)(C)C)c1. The van der Waals surface area contributed by atoms with Crippen molar-refractivity contribution in [2.45, 2.75) is 131 Å². The van der Waals surface area contributed by atoms with Gasteiger partial charge in [0.2, 0.25) is 0 Å². The molecule has 0 N–H and O–H groups in total. The first kappa shape index (κ1) is 49.7. The molecule has 0 saturated heterocycles. The van der Waals surface area contributed by atoms with E-state index in [4.69, 9.17) is 5.48 Å². The quantitative estimate of drug-likeness (QED) is 0.141. The van der Waals surface area contributed by atoms with Crippen molar-refractivity contribution in [2.75, 3.05) is 9.80 Å². The third kappa shape index (κ3) is 10.9. The minimum Gasteiger partial charge on any atom is -0.310 e. The maximum absolute atomic E-state index is 9.91. The molecule has 506 valence electrons. The van der Waals surface area contributed by atoms with Crippen LogP contribution in [0.2, 0.25) is 0 Å². The molecule has 2 aliphatic heterocycles. The molecule has 2 aliphatic rings. The lowest BCUT2D eigenvalue weighted by Gasteiger charge is -2.46. The molecule has 0 radical (unpaired) electrons. The lowest BCUT2D eigenvalue weighted by atomic mass is 9.33. The van der Waals surface area contributed by atoms with Crippen molar-refractivity contribution in [2.24, 2.45) is 0 Å². The van der Waals surface area contributed by atoms with Gasteiger partial charge in [0.25, 0.3) is 6.71 Å². The zero-order chi connectivity index (χ0) is 85.3. The van der Waals surface area contributed by atoms with Crippen LogP contribution in [0.5, 0.6) is 0 Å². The number of para-hydroxylation sites is 6. The minimum atomic E-state index is -0.761. The normalized spacial score (nSPS) is 15.5. The van der Waals surface area contributed by atoms with Gasteiger partial charge in [-0.2, -0.15) is 0 Å². The van der Waals surface area contributed by atoms with Crippen LogP contribution in [0.3, 0.4) is 0 Å². The molecule has 0 fully saturated rings. The van der Waals surface area contributed by atoms with E-state index >= 15 is 0 Å². The van der Waals surface area contributed by atoms with Crippen LogP contribution in [0, 0.1) is 0 Å². The van der Waals surface area contributed by atoms with Gasteiger partial charge >= 0.3 is 0 Å². The van der Waals surface area contributed by atoms with Crippen LogP contribution in [0.4, 0.5) is 34.1 Å². The highest BCUT2D eigenvalue weighted by Crippen LogP contribution is 2.55. The van der Waals surface area contributed by atoms with Gasteiger partial charge in [0, 0.05) is 77.9 Å². The summed E-state index contributed by atoms with van der Waals surface area (Å²) in [5.74, 6) is 0. The van der Waals surface area contributed by atoms with E-state index in [1.807, 2.05) is 72.8 Å². The van der Waals surface area contributed by atoms with Crippen molar-refractivity contribution in [3.05, 3.63) is 306 Å². The molecule has 13 aromatic carbocycles. The van der Waals surface area contributed by atoms with Crippen LogP contribution >= 0.6 is 0 Å². The number of hydrogen-bond acceptors (Lipinski definition) is 2. The Morgan fingerprint density at radius 1 is 0.272 bits per heavy atom. The molecule has 2 aromatic heterocycles. The highest BCUT2D eigenvalue weighted by atomic mass is 15.2. The Labute approximate surface area is 632 Å². The van der Waals surface area contributed by atoms with Crippen LogP contribution in [0.25, 0.3) is 99.5 Å². The predicted molar refractivity (Wildman–Crippen MR) is 444 cm³/mol. The number of hydrogen-bond donors (Lipinski definition) is 0. The predicted octanol–water partition coefficient (Wildman–Crippen LogP) is 25.1. The summed E-state index contributed by atoms with van der Waals surface area (Å²) in [6.45, 7) is 32.6. The summed E-state index contributed by atoms with van der Waals surface area (Å²) >= 11 is 0. The smallest absolute Gasteiger partial charge is 0.252 e. The standard InChI is InChI=1S/C98H91BN4/c1-94(2,3)66-52-64(53-67(56-66)95(4,5)6)75-42-30-40-73(62-32-18-16-19-33-62)92(75)102-87-60-71(100-83-44-26-22-36-77(83)78-37-23-27-45-84(78)100)48-50-81(87)99-82-51-49-72(101-85-46-28-24-38-79(85)80-39-25-29-47-86(80)101)61-88(82)103(90-59-70(98(13,14)15)58-89(102)91(90)99)93-74(63-34-20-17-21-35-63)41-31-43-76(93)65-54-68(96(7,8)9)57-69(55-65)97(10,11)12/h16-61H,1-15H3/i22D,23D,24D,25D,26D,27D,28D,29D,36D,37D,38D,39D,44D,45D,46D,47D. The second kappa shape index (κ2) is 23.9. The summed E-state index contributed by atoms with van der Waals surface area (Å²) in [5, 5.41) is -0.263. The molecule has 0 bridgehead atoms. The van der Waals surface area contributed by atoms with Gasteiger partial charge in [0.15, 0.2) is 0 Å². The Morgan fingerprint density at radius 3 is 0.874 bits per heavy atom. The lowest BCUT2D eigenvalue weighted by molar-refractivity contribution is 0.568. The average Bonchev–Trinajstić information content (AvgIpc) is 1.29. The van der Waals surface area contributed by atoms with Crippen molar-refractivity contribution >= 4 is 101 Å². The highest BCUT2D eigenvalue weighted by Gasteiger charge is 2.46. The second-order valence-electron chi connectivity index (χ2n) is 33.1. The Balaban J connectivity index is 1.11. The molecular weight excluding hydrogens is 1240 g/mol. The van der Waals surface area contributed by atoms with E-state index in [0.29, 0.717) is 22.7 Å². The Bertz CT molecular complexity index is 6290. The van der Waals surface area contributed by atoms with E-state index in [0.717, 1.165) is 111 Å². The molecule has 0 amide bonds. The topological polar surface area (TPSA) is 16.3 Å². The van der Waals surface area contributed by atoms with Gasteiger partial charge in [0.05, 0.1) is 55.4 Å². The summed E-state index contributed by atoms with van der Waals surface area (Å²) < 4.78 is 155. The van der Waals surface area contributed by atoms with Crippen molar-refractivity contribution in [3.63, 3.8) is 0 Å². The van der Waals surface area contributed by atoms with Gasteiger partial charge in [-0.05, 0) is 154 Å². The van der Waals surface area contributed by atoms with Crippen LogP contribution in [0.15, 0.2) is 279 Å². The Morgan fingerprint density at radius 2 is 0.563 bits per heavy atom. The molecule has 5 heteroatoms. The third-order valence-electron chi connectivity index (χ3n) is 21.1. The molecule has 0 atom stereocenters. The van der Waals surface area contributed by atoms with E-state index < -0.39 is 109 Å². The van der Waals surface area contributed by atoms with Gasteiger partial charge in [-0.1, -0.05) is 322 Å². The van der Waals surface area contributed by atoms with Gasteiger partial charge in [-0.15, -0.1) is 0 Å². The van der Waals surface area contributed by atoms with E-state index in [1.165, 1.54) is 0 Å². The zero-order valence-corrected chi connectivity index (χ0v) is 61.2. The first-order valence-corrected chi connectivity index (χ1v) is 35.7. The molecule has 0 aliphatic carbocycles. The van der Waals surface area contributed by atoms with Crippen LogP contribution in [-0.4, -0.2) is 15.8 Å². The average molecular weight is 1350 g/mol. The maximum atomic E-state index is 9.91. The molecule has 0 spiro atoms. The molecule has 4 nitrogen and oxygen atoms in total. The number of rotatable bonds is 8. The molecular formula is C98H91BN4. The number of fused-ring (bicyclic) bond motifs is 10. The summed E-state index contributed by atoms with van der Waals surface area (Å²) in [5.41, 5.74) is 17.7. The first-order valence-electron chi connectivity index (χ1n) is 43.7. The first-order chi connectivity index (χ1) is 55.9. The van der Waals surface area contributed by atoms with Crippen molar-refractivity contribution in [1.82, 2.24) is 9.13 Å². The minimum absolute atomic E-state index is 0.0430. The lowest BCUT2D eigenvalue weighted by Crippen LogP contribution is -2.61. The number of benzene rings is 13. The van der Waals surface area contributed by atoms with Crippen molar-refractivity contribution in [1.29, 1.82) is 0 Å².